The van der Waals surface area contributed by atoms with E-state index in [0.29, 0.717) is 0 Å². The summed E-state index contributed by atoms with van der Waals surface area (Å²) in [7, 11) is 0. The number of aryl methyl sites for hydroxylation is 1. The Morgan fingerprint density at radius 2 is 2.07 bits per heavy atom. The number of nitrogens with two attached hydrogens (primary N) is 1. The van der Waals surface area contributed by atoms with Crippen molar-refractivity contribution in [1.82, 2.24) is 0 Å². The van der Waals surface area contributed by atoms with Crippen molar-refractivity contribution < 1.29 is 4.39 Å². The van der Waals surface area contributed by atoms with Gasteiger partial charge < -0.3 is 5.73 Å². The molecule has 1 nitrogen and oxygen atoms in total. The smallest absolute Gasteiger partial charge is 0.142 e. The van der Waals surface area contributed by atoms with Crippen LogP contribution in [-0.4, -0.2) is 6.04 Å². The van der Waals surface area contributed by atoms with Gasteiger partial charge in [0.25, 0.3) is 0 Å². The van der Waals surface area contributed by atoms with Crippen molar-refractivity contribution in [2.75, 3.05) is 0 Å². The highest BCUT2D eigenvalue weighted by atomic mass is 35.5. The van der Waals surface area contributed by atoms with Gasteiger partial charge in [0.05, 0.1) is 5.02 Å². The van der Waals surface area contributed by atoms with E-state index in [1.807, 2.05) is 13.8 Å². The molecule has 15 heavy (non-hydrogen) atoms. The maximum Gasteiger partial charge on any atom is 0.142 e. The van der Waals surface area contributed by atoms with Crippen molar-refractivity contribution in [2.45, 2.75) is 38.1 Å². The molecule has 82 valence electrons. The Labute approximate surface area is 94.4 Å². The molecule has 2 rings (SSSR count). The van der Waals surface area contributed by atoms with Gasteiger partial charge in [-0.25, -0.2) is 4.39 Å². The molecule has 0 bridgehead atoms. The van der Waals surface area contributed by atoms with Crippen molar-refractivity contribution in [1.29, 1.82) is 0 Å². The molecule has 1 unspecified atom stereocenters. The summed E-state index contributed by atoms with van der Waals surface area (Å²) in [6.07, 6.45) is 2.15. The maximum absolute atomic E-state index is 13.2. The van der Waals surface area contributed by atoms with Crippen molar-refractivity contribution in [3.63, 3.8) is 0 Å². The maximum atomic E-state index is 13.2. The van der Waals surface area contributed by atoms with Gasteiger partial charge in [-0.05, 0) is 49.9 Å². The topological polar surface area (TPSA) is 26.0 Å². The Morgan fingerprint density at radius 1 is 1.47 bits per heavy atom. The van der Waals surface area contributed by atoms with E-state index in [0.717, 1.165) is 24.0 Å². The first-order valence-electron chi connectivity index (χ1n) is 5.19. The first-order chi connectivity index (χ1) is 6.97. The van der Waals surface area contributed by atoms with Crippen molar-refractivity contribution >= 4 is 11.6 Å². The highest BCUT2D eigenvalue weighted by Crippen LogP contribution is 2.51. The lowest BCUT2D eigenvalue weighted by Crippen LogP contribution is -2.32. The van der Waals surface area contributed by atoms with Crippen LogP contribution in [0.1, 0.15) is 30.9 Å². The monoisotopic (exact) mass is 227 g/mol. The van der Waals surface area contributed by atoms with Gasteiger partial charge >= 0.3 is 0 Å². The first kappa shape index (κ1) is 10.9. The van der Waals surface area contributed by atoms with Crippen LogP contribution in [0.4, 0.5) is 4.39 Å². The molecular weight excluding hydrogens is 213 g/mol. The van der Waals surface area contributed by atoms with Crippen LogP contribution >= 0.6 is 11.6 Å². The number of halogens is 2. The second-order valence-electron chi connectivity index (χ2n) is 4.53. The molecule has 0 radical (unpaired) electrons. The molecule has 0 saturated heterocycles. The van der Waals surface area contributed by atoms with Gasteiger partial charge in [-0.15, -0.1) is 0 Å². The summed E-state index contributed by atoms with van der Waals surface area (Å²) in [6, 6.07) is 3.33. The molecule has 1 saturated carbocycles. The Bertz CT molecular complexity index is 397. The van der Waals surface area contributed by atoms with E-state index in [4.69, 9.17) is 17.3 Å². The lowest BCUT2D eigenvalue weighted by molar-refractivity contribution is 0.550. The van der Waals surface area contributed by atoms with E-state index in [1.54, 1.807) is 6.07 Å². The van der Waals surface area contributed by atoms with Crippen molar-refractivity contribution in [3.05, 3.63) is 34.1 Å². The third-order valence-electron chi connectivity index (χ3n) is 3.46. The molecule has 0 spiro atoms. The van der Waals surface area contributed by atoms with Gasteiger partial charge in [-0.2, -0.15) is 0 Å². The average Bonchev–Trinajstić information content (AvgIpc) is 2.92. The van der Waals surface area contributed by atoms with Gasteiger partial charge in [-0.3, -0.25) is 0 Å². The summed E-state index contributed by atoms with van der Waals surface area (Å²) in [5, 5.41) is 0.197. The normalized spacial score (nSPS) is 20.1. The molecule has 1 aromatic carbocycles. The van der Waals surface area contributed by atoms with Crippen LogP contribution in [0.2, 0.25) is 5.02 Å². The number of hydrogen-bond donors (Lipinski definition) is 1. The summed E-state index contributed by atoms with van der Waals surface area (Å²) in [4.78, 5) is 0. The van der Waals surface area contributed by atoms with Gasteiger partial charge in [0.1, 0.15) is 5.82 Å². The molecule has 0 amide bonds. The standard InChI is InChI=1S/C12H15ClFN/c1-7-5-11(14)10(13)6-9(7)12(3-4-12)8(2)15/h5-6,8H,3-4,15H2,1-2H3. The quantitative estimate of drug-likeness (QED) is 0.825. The second kappa shape index (κ2) is 3.46. The lowest BCUT2D eigenvalue weighted by Gasteiger charge is -2.22. The van der Waals surface area contributed by atoms with Crippen LogP contribution < -0.4 is 5.73 Å². The van der Waals surface area contributed by atoms with E-state index >= 15 is 0 Å². The summed E-state index contributed by atoms with van der Waals surface area (Å²) < 4.78 is 13.2. The van der Waals surface area contributed by atoms with E-state index in [2.05, 4.69) is 0 Å². The van der Waals surface area contributed by atoms with E-state index in [-0.39, 0.29) is 22.3 Å². The molecule has 0 aromatic heterocycles. The number of hydrogen-bond acceptors (Lipinski definition) is 1. The fourth-order valence-corrected chi connectivity index (χ4v) is 2.45. The minimum absolute atomic E-state index is 0.0431. The minimum atomic E-state index is -0.349. The van der Waals surface area contributed by atoms with Crippen molar-refractivity contribution in [3.8, 4) is 0 Å². The fraction of sp³-hybridized carbons (Fsp3) is 0.500. The van der Waals surface area contributed by atoms with Gasteiger partial charge in [0.2, 0.25) is 0 Å². The molecule has 1 atom stereocenters. The van der Waals surface area contributed by atoms with Gasteiger partial charge in [0, 0.05) is 11.5 Å². The van der Waals surface area contributed by atoms with Crippen LogP contribution in [0.3, 0.4) is 0 Å². The number of benzene rings is 1. The molecule has 1 aliphatic carbocycles. The zero-order valence-electron chi connectivity index (χ0n) is 8.98. The molecule has 2 N–H and O–H groups in total. The van der Waals surface area contributed by atoms with Crippen LogP contribution in [0.15, 0.2) is 12.1 Å². The summed E-state index contributed by atoms with van der Waals surface area (Å²) in [5.41, 5.74) is 8.09. The lowest BCUT2D eigenvalue weighted by atomic mass is 9.86. The largest absolute Gasteiger partial charge is 0.327 e. The zero-order valence-corrected chi connectivity index (χ0v) is 9.74. The van der Waals surface area contributed by atoms with Crippen LogP contribution in [0.25, 0.3) is 0 Å². The highest BCUT2D eigenvalue weighted by molar-refractivity contribution is 6.30. The zero-order chi connectivity index (χ0) is 11.2. The molecule has 1 aliphatic rings. The Balaban J connectivity index is 2.49. The predicted octanol–water partition coefficient (Wildman–Crippen LogP) is 3.17. The molecule has 1 aromatic rings. The van der Waals surface area contributed by atoms with Gasteiger partial charge in [0.15, 0.2) is 0 Å². The predicted molar refractivity (Wildman–Crippen MR) is 60.7 cm³/mol. The summed E-state index contributed by atoms with van der Waals surface area (Å²) >= 11 is 5.81. The minimum Gasteiger partial charge on any atom is -0.327 e. The fourth-order valence-electron chi connectivity index (χ4n) is 2.29. The molecule has 0 aliphatic heterocycles. The second-order valence-corrected chi connectivity index (χ2v) is 4.93. The third kappa shape index (κ3) is 1.66. The van der Waals surface area contributed by atoms with E-state index in [9.17, 15) is 4.39 Å². The van der Waals surface area contributed by atoms with Crippen LogP contribution in [0, 0.1) is 12.7 Å². The average molecular weight is 228 g/mol. The first-order valence-corrected chi connectivity index (χ1v) is 5.57. The Hall–Kier alpha value is -0.600. The molecule has 3 heteroatoms. The molecular formula is C12H15ClFN. The van der Waals surface area contributed by atoms with Crippen LogP contribution in [0.5, 0.6) is 0 Å². The molecule has 1 fully saturated rings. The SMILES string of the molecule is Cc1cc(F)c(Cl)cc1C1(C(C)N)CC1. The summed E-state index contributed by atoms with van der Waals surface area (Å²) in [6.45, 7) is 3.92. The van der Waals surface area contributed by atoms with E-state index in [1.165, 1.54) is 6.07 Å². The highest BCUT2D eigenvalue weighted by Gasteiger charge is 2.48. The summed E-state index contributed by atoms with van der Waals surface area (Å²) in [5.74, 6) is -0.349. The van der Waals surface area contributed by atoms with Crippen LogP contribution in [-0.2, 0) is 5.41 Å². The Kier molecular flexibility index (Phi) is 2.52. The third-order valence-corrected chi connectivity index (χ3v) is 3.75. The van der Waals surface area contributed by atoms with Gasteiger partial charge in [-0.1, -0.05) is 11.6 Å². The molecule has 0 heterocycles. The van der Waals surface area contributed by atoms with E-state index < -0.39 is 0 Å². The Morgan fingerprint density at radius 3 is 2.53 bits per heavy atom. The number of rotatable bonds is 2. The van der Waals surface area contributed by atoms with Crippen molar-refractivity contribution in [2.24, 2.45) is 5.73 Å².